The summed E-state index contributed by atoms with van der Waals surface area (Å²) in [7, 11) is 0. The van der Waals surface area contributed by atoms with Crippen molar-refractivity contribution in [3.05, 3.63) is 46.7 Å². The molecular formula is C11H10ClN3. The van der Waals surface area contributed by atoms with Crippen molar-refractivity contribution in [1.82, 2.24) is 15.1 Å². The van der Waals surface area contributed by atoms with Gasteiger partial charge in [-0.05, 0) is 12.1 Å². The lowest BCUT2D eigenvalue weighted by Gasteiger charge is -2.03. The highest BCUT2D eigenvalue weighted by Crippen LogP contribution is 2.22. The van der Waals surface area contributed by atoms with Crippen LogP contribution in [0.3, 0.4) is 0 Å². The number of fused-ring (bicyclic) bond motifs is 1. The van der Waals surface area contributed by atoms with Gasteiger partial charge < -0.3 is 5.32 Å². The molecule has 0 saturated heterocycles. The molecule has 3 rings (SSSR count). The second-order valence-corrected chi connectivity index (χ2v) is 4.01. The van der Waals surface area contributed by atoms with Crippen LogP contribution < -0.4 is 5.32 Å². The molecule has 4 heteroatoms. The van der Waals surface area contributed by atoms with E-state index in [1.807, 2.05) is 35.1 Å². The van der Waals surface area contributed by atoms with Gasteiger partial charge in [-0.2, -0.15) is 5.10 Å². The van der Waals surface area contributed by atoms with Gasteiger partial charge in [-0.3, -0.25) is 0 Å². The van der Waals surface area contributed by atoms with Gasteiger partial charge in [-0.25, -0.2) is 4.68 Å². The van der Waals surface area contributed by atoms with E-state index in [4.69, 9.17) is 11.6 Å². The summed E-state index contributed by atoms with van der Waals surface area (Å²) in [6.07, 6.45) is 2.04. The summed E-state index contributed by atoms with van der Waals surface area (Å²) >= 11 is 6.11. The van der Waals surface area contributed by atoms with Crippen LogP contribution in [0.15, 0.2) is 30.5 Å². The van der Waals surface area contributed by atoms with Crippen LogP contribution in [0.25, 0.3) is 5.69 Å². The van der Waals surface area contributed by atoms with Crippen LogP contribution in [-0.4, -0.2) is 9.78 Å². The van der Waals surface area contributed by atoms with Gasteiger partial charge in [0, 0.05) is 24.8 Å². The highest BCUT2D eigenvalue weighted by atomic mass is 35.5. The maximum atomic E-state index is 6.11. The van der Waals surface area contributed by atoms with E-state index in [9.17, 15) is 0 Å². The van der Waals surface area contributed by atoms with Crippen LogP contribution in [0.5, 0.6) is 0 Å². The maximum absolute atomic E-state index is 6.11. The highest BCUT2D eigenvalue weighted by molar-refractivity contribution is 6.32. The van der Waals surface area contributed by atoms with Gasteiger partial charge in [0.1, 0.15) is 0 Å². The largest absolute Gasteiger partial charge is 0.307 e. The van der Waals surface area contributed by atoms with Crippen LogP contribution >= 0.6 is 11.6 Å². The maximum Gasteiger partial charge on any atom is 0.0831 e. The smallest absolute Gasteiger partial charge is 0.0831 e. The Balaban J connectivity index is 2.10. The van der Waals surface area contributed by atoms with E-state index < -0.39 is 0 Å². The van der Waals surface area contributed by atoms with Gasteiger partial charge in [0.2, 0.25) is 0 Å². The molecule has 1 aromatic carbocycles. The topological polar surface area (TPSA) is 29.9 Å². The number of rotatable bonds is 1. The van der Waals surface area contributed by atoms with Crippen LogP contribution in [0.1, 0.15) is 11.3 Å². The number of halogens is 1. The summed E-state index contributed by atoms with van der Waals surface area (Å²) in [6, 6.07) is 7.73. The zero-order valence-electron chi connectivity index (χ0n) is 8.07. The Kier molecular flexibility index (Phi) is 2.01. The first kappa shape index (κ1) is 8.95. The molecule has 76 valence electrons. The molecule has 0 atom stereocenters. The van der Waals surface area contributed by atoms with E-state index in [2.05, 4.69) is 10.4 Å². The molecule has 1 N–H and O–H groups in total. The van der Waals surface area contributed by atoms with Crippen molar-refractivity contribution in [3.63, 3.8) is 0 Å². The first-order valence-corrected chi connectivity index (χ1v) is 5.25. The molecule has 2 aromatic rings. The van der Waals surface area contributed by atoms with Crippen molar-refractivity contribution in [2.24, 2.45) is 0 Å². The minimum absolute atomic E-state index is 0.728. The van der Waals surface area contributed by atoms with Gasteiger partial charge >= 0.3 is 0 Å². The van der Waals surface area contributed by atoms with Crippen LogP contribution in [0.2, 0.25) is 5.02 Å². The Morgan fingerprint density at radius 2 is 2.13 bits per heavy atom. The summed E-state index contributed by atoms with van der Waals surface area (Å²) < 4.78 is 1.86. The monoisotopic (exact) mass is 219 g/mol. The number of aromatic nitrogens is 2. The first-order chi connectivity index (χ1) is 7.34. The van der Waals surface area contributed by atoms with Crippen molar-refractivity contribution in [2.75, 3.05) is 0 Å². The molecule has 0 fully saturated rings. The van der Waals surface area contributed by atoms with Crippen molar-refractivity contribution in [2.45, 2.75) is 13.1 Å². The second-order valence-electron chi connectivity index (χ2n) is 3.60. The summed E-state index contributed by atoms with van der Waals surface area (Å²) in [5.74, 6) is 0. The van der Waals surface area contributed by atoms with Crippen LogP contribution in [0.4, 0.5) is 0 Å². The van der Waals surface area contributed by atoms with E-state index in [1.165, 1.54) is 5.56 Å². The third kappa shape index (κ3) is 1.44. The lowest BCUT2D eigenvalue weighted by atomic mass is 10.3. The molecule has 0 amide bonds. The third-order valence-electron chi connectivity index (χ3n) is 2.58. The fourth-order valence-corrected chi connectivity index (χ4v) is 2.04. The lowest BCUT2D eigenvalue weighted by Crippen LogP contribution is -2.05. The van der Waals surface area contributed by atoms with Crippen molar-refractivity contribution < 1.29 is 0 Å². The normalized spacial score (nSPS) is 14.2. The Morgan fingerprint density at radius 1 is 1.27 bits per heavy atom. The predicted octanol–water partition coefficient (Wildman–Crippen LogP) is 2.13. The van der Waals surface area contributed by atoms with Crippen LogP contribution in [-0.2, 0) is 13.1 Å². The SMILES string of the molecule is Clc1ccccc1-n1cc2c(n1)CNC2. The molecule has 0 bridgehead atoms. The fraction of sp³-hybridized carbons (Fsp3) is 0.182. The van der Waals surface area contributed by atoms with Crippen molar-refractivity contribution in [1.29, 1.82) is 0 Å². The van der Waals surface area contributed by atoms with Crippen LogP contribution in [0, 0.1) is 0 Å². The number of hydrogen-bond acceptors (Lipinski definition) is 2. The number of para-hydroxylation sites is 1. The summed E-state index contributed by atoms with van der Waals surface area (Å²) in [4.78, 5) is 0. The molecule has 0 aliphatic carbocycles. The zero-order chi connectivity index (χ0) is 10.3. The average molecular weight is 220 g/mol. The minimum Gasteiger partial charge on any atom is -0.307 e. The van der Waals surface area contributed by atoms with Gasteiger partial charge in [0.25, 0.3) is 0 Å². The molecular weight excluding hydrogens is 210 g/mol. The molecule has 2 heterocycles. The van der Waals surface area contributed by atoms with E-state index in [-0.39, 0.29) is 0 Å². The highest BCUT2D eigenvalue weighted by Gasteiger charge is 2.15. The average Bonchev–Trinajstić information content (AvgIpc) is 2.77. The van der Waals surface area contributed by atoms with Gasteiger partial charge in [-0.1, -0.05) is 23.7 Å². The Bertz CT molecular complexity index is 483. The van der Waals surface area contributed by atoms with Gasteiger partial charge in [0.15, 0.2) is 0 Å². The summed E-state index contributed by atoms with van der Waals surface area (Å²) in [5, 5.41) is 8.47. The predicted molar refractivity (Wildman–Crippen MR) is 59.1 cm³/mol. The number of hydrogen-bond donors (Lipinski definition) is 1. The number of nitrogens with zero attached hydrogens (tertiary/aromatic N) is 2. The fourth-order valence-electron chi connectivity index (χ4n) is 1.82. The summed E-state index contributed by atoms with van der Waals surface area (Å²) in [5.41, 5.74) is 3.32. The van der Waals surface area contributed by atoms with Gasteiger partial charge in [0.05, 0.1) is 16.4 Å². The molecule has 15 heavy (non-hydrogen) atoms. The quantitative estimate of drug-likeness (QED) is 0.797. The number of benzene rings is 1. The standard InChI is InChI=1S/C11H10ClN3/c12-9-3-1-2-4-11(9)15-7-8-5-13-6-10(8)14-15/h1-4,7,13H,5-6H2. The third-order valence-corrected chi connectivity index (χ3v) is 2.90. The molecule has 0 unspecified atom stereocenters. The molecule has 1 aromatic heterocycles. The lowest BCUT2D eigenvalue weighted by molar-refractivity contribution is 0.721. The van der Waals surface area contributed by atoms with Crippen molar-refractivity contribution in [3.8, 4) is 5.69 Å². The first-order valence-electron chi connectivity index (χ1n) is 4.87. The molecule has 0 radical (unpaired) electrons. The van der Waals surface area contributed by atoms with Crippen molar-refractivity contribution >= 4 is 11.6 Å². The van der Waals surface area contributed by atoms with E-state index in [1.54, 1.807) is 0 Å². The Labute approximate surface area is 92.7 Å². The van der Waals surface area contributed by atoms with E-state index in [0.717, 1.165) is 29.5 Å². The zero-order valence-corrected chi connectivity index (χ0v) is 8.83. The second kappa shape index (κ2) is 3.36. The summed E-state index contributed by atoms with van der Waals surface area (Å²) in [6.45, 7) is 1.76. The minimum atomic E-state index is 0.728. The van der Waals surface area contributed by atoms with E-state index >= 15 is 0 Å². The Hall–Kier alpha value is -1.32. The molecule has 0 spiro atoms. The molecule has 1 aliphatic heterocycles. The molecule has 0 saturated carbocycles. The molecule has 3 nitrogen and oxygen atoms in total. The molecule has 1 aliphatic rings. The van der Waals surface area contributed by atoms with Gasteiger partial charge in [-0.15, -0.1) is 0 Å². The number of nitrogens with one attached hydrogen (secondary N) is 1. The Morgan fingerprint density at radius 3 is 2.93 bits per heavy atom. The van der Waals surface area contributed by atoms with E-state index in [0.29, 0.717) is 0 Å².